The smallest absolute Gasteiger partial charge is 0.0966 e. The SMILES string of the molecule is CC/C(=C(/C)F)C(C)/C=C\C(CC)C(C)C. The van der Waals surface area contributed by atoms with Gasteiger partial charge in [0.05, 0.1) is 5.83 Å². The molecule has 0 heterocycles. The second kappa shape index (κ2) is 7.65. The molecule has 0 saturated heterocycles. The lowest BCUT2D eigenvalue weighted by Gasteiger charge is -2.16. The first-order valence-corrected chi connectivity index (χ1v) is 6.47. The van der Waals surface area contributed by atoms with Crippen molar-refractivity contribution in [1.82, 2.24) is 0 Å². The molecule has 94 valence electrons. The van der Waals surface area contributed by atoms with Crippen LogP contribution in [0, 0.1) is 17.8 Å². The average Bonchev–Trinajstić information content (AvgIpc) is 2.18. The van der Waals surface area contributed by atoms with E-state index in [1.165, 1.54) is 0 Å². The fourth-order valence-electron chi connectivity index (χ4n) is 2.13. The molecular formula is C15H27F. The maximum atomic E-state index is 13.2. The topological polar surface area (TPSA) is 0 Å². The Hall–Kier alpha value is -0.590. The zero-order valence-electron chi connectivity index (χ0n) is 11.7. The highest BCUT2D eigenvalue weighted by molar-refractivity contribution is 5.15. The fourth-order valence-corrected chi connectivity index (χ4v) is 2.13. The van der Waals surface area contributed by atoms with Crippen LogP contribution in [0.25, 0.3) is 0 Å². The molecule has 0 bridgehead atoms. The van der Waals surface area contributed by atoms with Crippen molar-refractivity contribution in [3.05, 3.63) is 23.6 Å². The van der Waals surface area contributed by atoms with Gasteiger partial charge >= 0.3 is 0 Å². The van der Waals surface area contributed by atoms with Crippen molar-refractivity contribution in [2.24, 2.45) is 17.8 Å². The number of allylic oxidation sites excluding steroid dienone is 4. The summed E-state index contributed by atoms with van der Waals surface area (Å²) < 4.78 is 13.2. The van der Waals surface area contributed by atoms with Gasteiger partial charge in [0.15, 0.2) is 0 Å². The first kappa shape index (κ1) is 15.4. The van der Waals surface area contributed by atoms with Gasteiger partial charge in [0.25, 0.3) is 0 Å². The molecule has 0 spiro atoms. The van der Waals surface area contributed by atoms with Gasteiger partial charge in [-0.05, 0) is 43.1 Å². The molecule has 0 aromatic carbocycles. The van der Waals surface area contributed by atoms with Crippen molar-refractivity contribution >= 4 is 0 Å². The summed E-state index contributed by atoms with van der Waals surface area (Å²) in [6.07, 6.45) is 6.37. The summed E-state index contributed by atoms with van der Waals surface area (Å²) in [4.78, 5) is 0. The van der Waals surface area contributed by atoms with Crippen molar-refractivity contribution in [3.63, 3.8) is 0 Å². The Kier molecular flexibility index (Phi) is 7.36. The Morgan fingerprint density at radius 2 is 1.69 bits per heavy atom. The van der Waals surface area contributed by atoms with Gasteiger partial charge in [-0.15, -0.1) is 0 Å². The van der Waals surface area contributed by atoms with Crippen molar-refractivity contribution in [1.29, 1.82) is 0 Å². The highest BCUT2D eigenvalue weighted by Crippen LogP contribution is 2.23. The van der Waals surface area contributed by atoms with Crippen LogP contribution in [0.4, 0.5) is 4.39 Å². The van der Waals surface area contributed by atoms with E-state index >= 15 is 0 Å². The number of rotatable bonds is 6. The van der Waals surface area contributed by atoms with E-state index in [0.717, 1.165) is 18.4 Å². The average molecular weight is 226 g/mol. The zero-order chi connectivity index (χ0) is 12.7. The summed E-state index contributed by atoms with van der Waals surface area (Å²) >= 11 is 0. The summed E-state index contributed by atoms with van der Waals surface area (Å²) in [7, 11) is 0. The normalized spacial score (nSPS) is 17.8. The number of halogens is 1. The van der Waals surface area contributed by atoms with Crippen LogP contribution in [0.5, 0.6) is 0 Å². The quantitative estimate of drug-likeness (QED) is 0.523. The highest BCUT2D eigenvalue weighted by Gasteiger charge is 2.10. The lowest BCUT2D eigenvalue weighted by Crippen LogP contribution is -2.05. The third-order valence-electron chi connectivity index (χ3n) is 3.35. The van der Waals surface area contributed by atoms with E-state index < -0.39 is 0 Å². The van der Waals surface area contributed by atoms with Crippen LogP contribution >= 0.6 is 0 Å². The van der Waals surface area contributed by atoms with E-state index in [4.69, 9.17) is 0 Å². The molecule has 2 atom stereocenters. The Bertz CT molecular complexity index is 244. The van der Waals surface area contributed by atoms with Gasteiger partial charge in [0.1, 0.15) is 0 Å². The molecule has 0 aliphatic carbocycles. The van der Waals surface area contributed by atoms with Gasteiger partial charge in [-0.3, -0.25) is 0 Å². The van der Waals surface area contributed by atoms with Crippen LogP contribution in [-0.2, 0) is 0 Å². The Morgan fingerprint density at radius 3 is 2.00 bits per heavy atom. The molecule has 2 unspecified atom stereocenters. The van der Waals surface area contributed by atoms with Crippen LogP contribution in [0.2, 0.25) is 0 Å². The second-order valence-electron chi connectivity index (χ2n) is 4.90. The molecule has 0 radical (unpaired) electrons. The lowest BCUT2D eigenvalue weighted by molar-refractivity contribution is 0.451. The summed E-state index contributed by atoms with van der Waals surface area (Å²) in [5.74, 6) is 1.48. The van der Waals surface area contributed by atoms with Crippen molar-refractivity contribution < 1.29 is 4.39 Å². The van der Waals surface area contributed by atoms with Crippen LogP contribution in [-0.4, -0.2) is 0 Å². The predicted molar refractivity (Wildman–Crippen MR) is 71.0 cm³/mol. The second-order valence-corrected chi connectivity index (χ2v) is 4.90. The van der Waals surface area contributed by atoms with E-state index in [2.05, 4.69) is 39.8 Å². The lowest BCUT2D eigenvalue weighted by atomic mass is 9.90. The Balaban J connectivity index is 4.59. The molecule has 0 aromatic rings. The standard InChI is InChI=1S/C15H27F/c1-7-14(11(3)4)10-9-12(5)15(8-2)13(6)16/h9-12,14H,7-8H2,1-6H3/b10-9-,15-13+. The van der Waals surface area contributed by atoms with Gasteiger partial charge in [-0.25, -0.2) is 4.39 Å². The van der Waals surface area contributed by atoms with E-state index in [-0.39, 0.29) is 11.7 Å². The zero-order valence-corrected chi connectivity index (χ0v) is 11.7. The molecule has 0 fully saturated rings. The minimum absolute atomic E-state index is 0.0164. The van der Waals surface area contributed by atoms with Gasteiger partial charge < -0.3 is 0 Å². The van der Waals surface area contributed by atoms with Gasteiger partial charge in [-0.1, -0.05) is 46.8 Å². The monoisotopic (exact) mass is 226 g/mol. The van der Waals surface area contributed by atoms with Crippen LogP contribution in [0.3, 0.4) is 0 Å². The summed E-state index contributed by atoms with van der Waals surface area (Å²) in [5, 5.41) is 0. The summed E-state index contributed by atoms with van der Waals surface area (Å²) in [5.41, 5.74) is 0.926. The molecule has 0 saturated carbocycles. The molecule has 16 heavy (non-hydrogen) atoms. The first-order chi connectivity index (χ1) is 7.43. The molecule has 0 aliphatic rings. The summed E-state index contributed by atoms with van der Waals surface area (Å²) in [6, 6.07) is 0. The third-order valence-corrected chi connectivity index (χ3v) is 3.35. The van der Waals surface area contributed by atoms with Gasteiger partial charge in [0, 0.05) is 0 Å². The van der Waals surface area contributed by atoms with E-state index in [0.29, 0.717) is 11.8 Å². The van der Waals surface area contributed by atoms with Crippen LogP contribution in [0.1, 0.15) is 54.4 Å². The van der Waals surface area contributed by atoms with Crippen molar-refractivity contribution in [2.75, 3.05) is 0 Å². The first-order valence-electron chi connectivity index (χ1n) is 6.47. The molecule has 0 rings (SSSR count). The number of hydrogen-bond donors (Lipinski definition) is 0. The number of hydrogen-bond acceptors (Lipinski definition) is 0. The molecule has 0 nitrogen and oxygen atoms in total. The van der Waals surface area contributed by atoms with Crippen molar-refractivity contribution in [3.8, 4) is 0 Å². The largest absolute Gasteiger partial charge is 0.212 e. The van der Waals surface area contributed by atoms with E-state index in [1.807, 2.05) is 6.92 Å². The minimum atomic E-state index is -0.0164. The fraction of sp³-hybridized carbons (Fsp3) is 0.733. The van der Waals surface area contributed by atoms with Crippen LogP contribution in [0.15, 0.2) is 23.6 Å². The summed E-state index contributed by atoms with van der Waals surface area (Å²) in [6.45, 7) is 12.3. The van der Waals surface area contributed by atoms with E-state index in [1.54, 1.807) is 6.92 Å². The maximum absolute atomic E-state index is 13.2. The maximum Gasteiger partial charge on any atom is 0.0966 e. The van der Waals surface area contributed by atoms with Crippen LogP contribution < -0.4 is 0 Å². The minimum Gasteiger partial charge on any atom is -0.212 e. The van der Waals surface area contributed by atoms with Gasteiger partial charge in [0.2, 0.25) is 0 Å². The molecule has 0 amide bonds. The van der Waals surface area contributed by atoms with Crippen molar-refractivity contribution in [2.45, 2.75) is 54.4 Å². The molecule has 0 aliphatic heterocycles. The third kappa shape index (κ3) is 4.96. The van der Waals surface area contributed by atoms with Gasteiger partial charge in [-0.2, -0.15) is 0 Å². The predicted octanol–water partition coefficient (Wildman–Crippen LogP) is 5.51. The Morgan fingerprint density at radius 1 is 1.12 bits per heavy atom. The Labute approximate surface area is 101 Å². The molecule has 0 N–H and O–H groups in total. The highest BCUT2D eigenvalue weighted by atomic mass is 19.1. The molecular weight excluding hydrogens is 199 g/mol. The molecule has 1 heteroatoms. The van der Waals surface area contributed by atoms with E-state index in [9.17, 15) is 4.39 Å². The molecule has 0 aromatic heterocycles.